The Bertz CT molecular complexity index is 981. The third-order valence-electron chi connectivity index (χ3n) is 4.10. The van der Waals surface area contributed by atoms with Crippen LogP contribution in [-0.2, 0) is 4.79 Å². The summed E-state index contributed by atoms with van der Waals surface area (Å²) in [6.07, 6.45) is 0. The maximum absolute atomic E-state index is 10.8. The number of amides is 1. The van der Waals surface area contributed by atoms with Crippen LogP contribution in [0.1, 0.15) is 16.5 Å². The molecule has 1 amide bonds. The van der Waals surface area contributed by atoms with Crippen molar-refractivity contribution in [1.82, 2.24) is 5.43 Å². The maximum atomic E-state index is 10.8. The number of nitrogens with zero attached hydrogens (tertiary/aromatic N) is 1. The van der Waals surface area contributed by atoms with E-state index in [0.717, 1.165) is 16.2 Å². The largest absolute Gasteiger partial charge is 0.484 e. The van der Waals surface area contributed by atoms with Crippen molar-refractivity contribution in [2.24, 2.45) is 10.8 Å². The number of nitrogens with one attached hydrogen (secondary N) is 1. The molecule has 6 heteroatoms. The van der Waals surface area contributed by atoms with Gasteiger partial charge in [0.2, 0.25) is 0 Å². The second-order valence-electron chi connectivity index (χ2n) is 5.89. The Morgan fingerprint density at radius 3 is 2.65 bits per heavy atom. The number of carbonyl (C=O) groups is 1. The Kier molecular flexibility index (Phi) is 4.50. The average molecular weight is 363 g/mol. The second-order valence-corrected chi connectivity index (χ2v) is 6.99. The fourth-order valence-corrected chi connectivity index (χ4v) is 3.89. The predicted octanol–water partition coefficient (Wildman–Crippen LogP) is 3.40. The van der Waals surface area contributed by atoms with E-state index in [2.05, 4.69) is 40.9 Å². The van der Waals surface area contributed by atoms with Gasteiger partial charge >= 0.3 is 0 Å². The van der Waals surface area contributed by atoms with Crippen molar-refractivity contribution in [2.75, 3.05) is 6.61 Å². The molecule has 1 aliphatic heterocycles. The molecule has 0 radical (unpaired) electrons. The van der Waals surface area contributed by atoms with E-state index in [1.807, 2.05) is 36.4 Å². The van der Waals surface area contributed by atoms with Crippen LogP contribution < -0.4 is 15.9 Å². The van der Waals surface area contributed by atoms with Crippen molar-refractivity contribution in [2.45, 2.75) is 5.37 Å². The highest BCUT2D eigenvalue weighted by Gasteiger charge is 2.23. The summed E-state index contributed by atoms with van der Waals surface area (Å²) < 4.78 is 5.29. The molecule has 3 aromatic carbocycles. The molecule has 0 bridgehead atoms. The van der Waals surface area contributed by atoms with Crippen molar-refractivity contribution in [3.63, 3.8) is 0 Å². The summed E-state index contributed by atoms with van der Waals surface area (Å²) in [5, 5.41) is 7.94. The number of hydrogen-bond donors (Lipinski definition) is 2. The molecule has 0 aromatic heterocycles. The van der Waals surface area contributed by atoms with Gasteiger partial charge in [-0.1, -0.05) is 66.4 Å². The number of thioether (sulfide) groups is 1. The van der Waals surface area contributed by atoms with Crippen molar-refractivity contribution < 1.29 is 9.53 Å². The average Bonchev–Trinajstić information content (AvgIpc) is 3.16. The summed E-state index contributed by atoms with van der Waals surface area (Å²) in [6, 6.07) is 22.1. The lowest BCUT2D eigenvalue weighted by atomic mass is 10.1. The van der Waals surface area contributed by atoms with Gasteiger partial charge in [0.05, 0.1) is 0 Å². The summed E-state index contributed by atoms with van der Waals surface area (Å²) in [5.41, 5.74) is 10.5. The van der Waals surface area contributed by atoms with Gasteiger partial charge in [-0.3, -0.25) is 10.2 Å². The van der Waals surface area contributed by atoms with Crippen LogP contribution in [0.25, 0.3) is 10.8 Å². The van der Waals surface area contributed by atoms with E-state index in [4.69, 9.17) is 10.5 Å². The number of rotatable bonds is 5. The van der Waals surface area contributed by atoms with E-state index in [1.54, 1.807) is 11.8 Å². The van der Waals surface area contributed by atoms with E-state index in [1.165, 1.54) is 10.8 Å². The van der Waals surface area contributed by atoms with Crippen LogP contribution in [0.15, 0.2) is 71.8 Å². The van der Waals surface area contributed by atoms with Gasteiger partial charge in [0.25, 0.3) is 5.91 Å². The van der Waals surface area contributed by atoms with Crippen LogP contribution in [0.4, 0.5) is 0 Å². The standard InChI is InChI=1S/C20H17N3O2S/c21-18(24)12-25-15-10-8-14(9-11-15)19-22-23-20(26-19)17-7-3-5-13-4-1-2-6-16(13)17/h1-11,19,22H,12H2,(H2,21,24)/t19-/m1/s1. The van der Waals surface area contributed by atoms with Gasteiger partial charge in [0.1, 0.15) is 16.2 Å². The second kappa shape index (κ2) is 7.09. The van der Waals surface area contributed by atoms with Crippen LogP contribution in [0.5, 0.6) is 5.75 Å². The zero-order valence-electron chi connectivity index (χ0n) is 13.9. The predicted molar refractivity (Wildman–Crippen MR) is 105 cm³/mol. The Hall–Kier alpha value is -2.99. The van der Waals surface area contributed by atoms with E-state index >= 15 is 0 Å². The molecule has 0 saturated heterocycles. The SMILES string of the molecule is NC(=O)COc1ccc([C@@H]2NN=C(c3cccc4ccccc34)S2)cc1. The Morgan fingerprint density at radius 2 is 1.85 bits per heavy atom. The van der Waals surface area contributed by atoms with Crippen molar-refractivity contribution in [1.29, 1.82) is 0 Å². The molecule has 1 atom stereocenters. The number of benzene rings is 3. The van der Waals surface area contributed by atoms with Crippen molar-refractivity contribution in [3.8, 4) is 5.75 Å². The minimum Gasteiger partial charge on any atom is -0.484 e. The molecule has 0 fully saturated rings. The summed E-state index contributed by atoms with van der Waals surface area (Å²) in [7, 11) is 0. The first kappa shape index (κ1) is 16.5. The van der Waals surface area contributed by atoms with Crippen LogP contribution in [-0.4, -0.2) is 17.6 Å². The molecule has 1 aliphatic rings. The first-order valence-electron chi connectivity index (χ1n) is 8.20. The van der Waals surface area contributed by atoms with E-state index < -0.39 is 5.91 Å². The summed E-state index contributed by atoms with van der Waals surface area (Å²) in [5.74, 6) is 0.126. The highest BCUT2D eigenvalue weighted by Crippen LogP contribution is 2.36. The lowest BCUT2D eigenvalue weighted by Gasteiger charge is -2.11. The number of ether oxygens (including phenoxy) is 1. The highest BCUT2D eigenvalue weighted by atomic mass is 32.2. The maximum Gasteiger partial charge on any atom is 0.255 e. The Morgan fingerprint density at radius 1 is 1.08 bits per heavy atom. The number of nitrogens with two attached hydrogens (primary N) is 1. The van der Waals surface area contributed by atoms with Crippen LogP contribution in [0.3, 0.4) is 0 Å². The fourth-order valence-electron chi connectivity index (χ4n) is 2.85. The lowest BCUT2D eigenvalue weighted by molar-refractivity contribution is -0.119. The topological polar surface area (TPSA) is 76.7 Å². The molecule has 1 heterocycles. The third kappa shape index (κ3) is 3.36. The quantitative estimate of drug-likeness (QED) is 0.728. The van der Waals surface area contributed by atoms with Crippen LogP contribution in [0.2, 0.25) is 0 Å². The lowest BCUT2D eigenvalue weighted by Crippen LogP contribution is -2.20. The number of hydrogen-bond acceptors (Lipinski definition) is 5. The fraction of sp³-hybridized carbons (Fsp3) is 0.100. The van der Waals surface area contributed by atoms with E-state index in [0.29, 0.717) is 5.75 Å². The van der Waals surface area contributed by atoms with Crippen molar-refractivity contribution in [3.05, 3.63) is 77.9 Å². The minimum atomic E-state index is -0.491. The molecule has 4 rings (SSSR count). The van der Waals surface area contributed by atoms with Gasteiger partial charge < -0.3 is 10.5 Å². The summed E-state index contributed by atoms with van der Waals surface area (Å²) in [4.78, 5) is 10.8. The van der Waals surface area contributed by atoms with Gasteiger partial charge in [0, 0.05) is 5.56 Å². The molecular weight excluding hydrogens is 346 g/mol. The van der Waals surface area contributed by atoms with Crippen LogP contribution >= 0.6 is 11.8 Å². The number of fused-ring (bicyclic) bond motifs is 1. The van der Waals surface area contributed by atoms with Crippen LogP contribution in [0, 0.1) is 0 Å². The van der Waals surface area contributed by atoms with Gasteiger partial charge in [-0.2, -0.15) is 5.10 Å². The van der Waals surface area contributed by atoms with Gasteiger partial charge in [-0.15, -0.1) is 0 Å². The molecule has 5 nitrogen and oxygen atoms in total. The number of hydrazone groups is 1. The zero-order valence-corrected chi connectivity index (χ0v) is 14.7. The monoisotopic (exact) mass is 363 g/mol. The van der Waals surface area contributed by atoms with Gasteiger partial charge in [-0.05, 0) is 28.5 Å². The van der Waals surface area contributed by atoms with E-state index in [-0.39, 0.29) is 12.0 Å². The molecule has 3 N–H and O–H groups in total. The first-order chi connectivity index (χ1) is 12.7. The normalized spacial score (nSPS) is 16.2. The number of carbonyl (C=O) groups excluding carboxylic acids is 1. The van der Waals surface area contributed by atoms with Gasteiger partial charge in [-0.25, -0.2) is 0 Å². The molecule has 0 spiro atoms. The molecule has 3 aromatic rings. The molecule has 130 valence electrons. The third-order valence-corrected chi connectivity index (χ3v) is 5.24. The number of primary amides is 1. The molecule has 0 saturated carbocycles. The molecule has 26 heavy (non-hydrogen) atoms. The smallest absolute Gasteiger partial charge is 0.255 e. The Balaban J connectivity index is 1.50. The summed E-state index contributed by atoms with van der Waals surface area (Å²) >= 11 is 1.68. The first-order valence-corrected chi connectivity index (χ1v) is 9.08. The molecule has 0 unspecified atom stereocenters. The zero-order chi connectivity index (χ0) is 17.9. The molecular formula is C20H17N3O2S. The summed E-state index contributed by atoms with van der Waals surface area (Å²) in [6.45, 7) is -0.121. The minimum absolute atomic E-state index is 0.0363. The van der Waals surface area contributed by atoms with Crippen molar-refractivity contribution >= 4 is 33.5 Å². The highest BCUT2D eigenvalue weighted by molar-refractivity contribution is 8.14. The van der Waals surface area contributed by atoms with E-state index in [9.17, 15) is 4.79 Å². The molecule has 0 aliphatic carbocycles. The Labute approximate surface area is 155 Å². The van der Waals surface area contributed by atoms with Gasteiger partial charge in [0.15, 0.2) is 6.61 Å².